The highest BCUT2D eigenvalue weighted by atomic mass is 35.5. The van der Waals surface area contributed by atoms with Gasteiger partial charge in [0, 0.05) is 10.7 Å². The largest absolute Gasteiger partial charge is 0.454 e. The van der Waals surface area contributed by atoms with Gasteiger partial charge in [-0.3, -0.25) is 24.1 Å². The molecule has 0 fully saturated rings. The minimum absolute atomic E-state index is 0.240. The summed E-state index contributed by atoms with van der Waals surface area (Å²) in [4.78, 5) is 48.9. The smallest absolute Gasteiger partial charge is 0.326 e. The van der Waals surface area contributed by atoms with Gasteiger partial charge in [-0.1, -0.05) is 29.8 Å². The van der Waals surface area contributed by atoms with Gasteiger partial charge >= 0.3 is 5.97 Å². The minimum Gasteiger partial charge on any atom is -0.454 e. The van der Waals surface area contributed by atoms with E-state index in [0.717, 1.165) is 4.90 Å². The molecule has 138 valence electrons. The molecular weight excluding hydrogens is 372 g/mol. The number of esters is 1. The number of para-hydroxylation sites is 1. The Morgan fingerprint density at radius 2 is 1.85 bits per heavy atom. The van der Waals surface area contributed by atoms with Crippen LogP contribution in [0.3, 0.4) is 0 Å². The molecule has 1 aliphatic rings. The molecule has 3 rings (SSSR count). The number of nitrogens with zero attached hydrogens (tertiary/aromatic N) is 1. The van der Waals surface area contributed by atoms with E-state index in [2.05, 4.69) is 5.32 Å². The van der Waals surface area contributed by atoms with E-state index in [1.807, 2.05) is 0 Å². The van der Waals surface area contributed by atoms with Gasteiger partial charge in [0.1, 0.15) is 6.54 Å². The van der Waals surface area contributed by atoms with Crippen LogP contribution in [-0.2, 0) is 19.1 Å². The van der Waals surface area contributed by atoms with Crippen molar-refractivity contribution in [3.05, 3.63) is 58.6 Å². The maximum absolute atomic E-state index is 12.0. The van der Waals surface area contributed by atoms with Crippen LogP contribution in [0.2, 0.25) is 5.02 Å². The minimum atomic E-state index is -0.800. The Labute approximate surface area is 159 Å². The van der Waals surface area contributed by atoms with Gasteiger partial charge in [0.05, 0.1) is 11.3 Å². The molecule has 1 heterocycles. The molecule has 8 heteroatoms. The number of fused-ring (bicyclic) bond motifs is 1. The van der Waals surface area contributed by atoms with Gasteiger partial charge < -0.3 is 10.1 Å². The Morgan fingerprint density at radius 1 is 1.11 bits per heavy atom. The SMILES string of the molecule is Cc1c(Cl)cccc1NC(=O)COC(=O)CN1C(=O)C(=O)c2ccccc21. The Bertz CT molecular complexity index is 957. The monoisotopic (exact) mass is 386 g/mol. The number of Topliss-reactive ketones (excluding diaryl/α,β-unsaturated/α-hetero) is 1. The average molecular weight is 387 g/mol. The summed E-state index contributed by atoms with van der Waals surface area (Å²) in [6.45, 7) is 0.769. The summed E-state index contributed by atoms with van der Waals surface area (Å²) in [6, 6.07) is 11.4. The lowest BCUT2D eigenvalue weighted by atomic mass is 10.1. The van der Waals surface area contributed by atoms with Crippen molar-refractivity contribution in [2.75, 3.05) is 23.4 Å². The molecule has 0 saturated heterocycles. The van der Waals surface area contributed by atoms with Gasteiger partial charge in [0.15, 0.2) is 6.61 Å². The zero-order chi connectivity index (χ0) is 19.6. The summed E-state index contributed by atoms with van der Waals surface area (Å²) in [5.74, 6) is -2.82. The second-order valence-corrected chi connectivity index (χ2v) is 6.27. The molecule has 0 spiro atoms. The van der Waals surface area contributed by atoms with Crippen LogP contribution in [0.25, 0.3) is 0 Å². The number of hydrogen-bond donors (Lipinski definition) is 1. The third-order valence-electron chi connectivity index (χ3n) is 4.07. The first-order chi connectivity index (χ1) is 12.9. The lowest BCUT2D eigenvalue weighted by Gasteiger charge is -2.15. The number of amides is 2. The van der Waals surface area contributed by atoms with Gasteiger partial charge in [-0.2, -0.15) is 0 Å². The van der Waals surface area contributed by atoms with Crippen molar-refractivity contribution >= 4 is 46.5 Å². The van der Waals surface area contributed by atoms with Crippen molar-refractivity contribution in [2.45, 2.75) is 6.92 Å². The summed E-state index contributed by atoms with van der Waals surface area (Å²) in [5.41, 5.74) is 1.79. The topological polar surface area (TPSA) is 92.8 Å². The van der Waals surface area contributed by atoms with Crippen molar-refractivity contribution < 1.29 is 23.9 Å². The van der Waals surface area contributed by atoms with Gasteiger partial charge in [-0.15, -0.1) is 0 Å². The van der Waals surface area contributed by atoms with Crippen molar-refractivity contribution in [2.24, 2.45) is 0 Å². The van der Waals surface area contributed by atoms with E-state index in [0.29, 0.717) is 22.0 Å². The molecule has 2 aromatic rings. The molecule has 1 aliphatic heterocycles. The van der Waals surface area contributed by atoms with Gasteiger partial charge in [0.25, 0.3) is 17.6 Å². The number of hydrogen-bond acceptors (Lipinski definition) is 5. The molecular formula is C19H15ClN2O5. The number of rotatable bonds is 5. The quantitative estimate of drug-likeness (QED) is 0.629. The molecule has 0 radical (unpaired) electrons. The van der Waals surface area contributed by atoms with Gasteiger partial charge in [-0.25, -0.2) is 0 Å². The van der Waals surface area contributed by atoms with E-state index in [1.165, 1.54) is 6.07 Å². The van der Waals surface area contributed by atoms with E-state index >= 15 is 0 Å². The highest BCUT2D eigenvalue weighted by Crippen LogP contribution is 2.28. The summed E-state index contributed by atoms with van der Waals surface area (Å²) in [5, 5.41) is 3.10. The fourth-order valence-corrected chi connectivity index (χ4v) is 2.83. The lowest BCUT2D eigenvalue weighted by molar-refractivity contribution is -0.146. The van der Waals surface area contributed by atoms with E-state index in [1.54, 1.807) is 43.3 Å². The lowest BCUT2D eigenvalue weighted by Crippen LogP contribution is -2.36. The summed E-state index contributed by atoms with van der Waals surface area (Å²) < 4.78 is 4.92. The number of benzene rings is 2. The molecule has 0 aliphatic carbocycles. The Morgan fingerprint density at radius 3 is 2.63 bits per heavy atom. The van der Waals surface area contributed by atoms with E-state index in [9.17, 15) is 19.2 Å². The predicted octanol–water partition coefficient (Wildman–Crippen LogP) is 2.36. The summed E-state index contributed by atoms with van der Waals surface area (Å²) >= 11 is 5.99. The summed E-state index contributed by atoms with van der Waals surface area (Å²) in [7, 11) is 0. The van der Waals surface area contributed by atoms with Gasteiger partial charge in [-0.05, 0) is 36.8 Å². The number of anilines is 2. The van der Waals surface area contributed by atoms with Gasteiger partial charge in [0.2, 0.25) is 0 Å². The zero-order valence-corrected chi connectivity index (χ0v) is 15.1. The summed E-state index contributed by atoms with van der Waals surface area (Å²) in [6.07, 6.45) is 0. The van der Waals surface area contributed by atoms with Crippen molar-refractivity contribution in [1.82, 2.24) is 0 Å². The second-order valence-electron chi connectivity index (χ2n) is 5.86. The fourth-order valence-electron chi connectivity index (χ4n) is 2.66. The molecule has 2 amide bonds. The Kier molecular flexibility index (Phi) is 5.23. The standard InChI is InChI=1S/C19H15ClN2O5/c1-11-13(20)6-4-7-14(11)21-16(23)10-27-17(24)9-22-15-8-3-2-5-12(15)18(25)19(22)26/h2-8H,9-10H2,1H3,(H,21,23). The molecule has 0 bridgehead atoms. The van der Waals surface area contributed by atoms with Crippen molar-refractivity contribution in [1.29, 1.82) is 0 Å². The van der Waals surface area contributed by atoms with E-state index in [4.69, 9.17) is 16.3 Å². The average Bonchev–Trinajstić information content (AvgIpc) is 2.89. The molecule has 0 atom stereocenters. The van der Waals surface area contributed by atoms with Crippen LogP contribution >= 0.6 is 11.6 Å². The third kappa shape index (κ3) is 3.83. The first-order valence-electron chi connectivity index (χ1n) is 8.04. The number of ether oxygens (including phenoxy) is 1. The number of carbonyl (C=O) groups is 4. The highest BCUT2D eigenvalue weighted by Gasteiger charge is 2.36. The van der Waals surface area contributed by atoms with Crippen molar-refractivity contribution in [3.63, 3.8) is 0 Å². The number of carbonyl (C=O) groups excluding carboxylic acids is 4. The van der Waals surface area contributed by atoms with Crippen LogP contribution < -0.4 is 10.2 Å². The molecule has 0 aromatic heterocycles. The van der Waals surface area contributed by atoms with Crippen LogP contribution in [0, 0.1) is 6.92 Å². The van der Waals surface area contributed by atoms with Crippen LogP contribution in [0.1, 0.15) is 15.9 Å². The van der Waals surface area contributed by atoms with Crippen LogP contribution in [0.15, 0.2) is 42.5 Å². The third-order valence-corrected chi connectivity index (χ3v) is 4.48. The van der Waals surface area contributed by atoms with Crippen LogP contribution in [-0.4, -0.2) is 36.7 Å². The molecule has 1 N–H and O–H groups in total. The molecule has 7 nitrogen and oxygen atoms in total. The molecule has 0 saturated carbocycles. The van der Waals surface area contributed by atoms with E-state index in [-0.39, 0.29) is 5.56 Å². The Balaban J connectivity index is 1.57. The van der Waals surface area contributed by atoms with Crippen LogP contribution in [0.5, 0.6) is 0 Å². The molecule has 2 aromatic carbocycles. The van der Waals surface area contributed by atoms with E-state index < -0.39 is 36.7 Å². The first kappa shape index (κ1) is 18.6. The second kappa shape index (κ2) is 7.59. The number of halogens is 1. The van der Waals surface area contributed by atoms with Crippen LogP contribution in [0.4, 0.5) is 11.4 Å². The molecule has 27 heavy (non-hydrogen) atoms. The predicted molar refractivity (Wildman–Crippen MR) is 98.9 cm³/mol. The number of nitrogens with one attached hydrogen (secondary N) is 1. The normalized spacial score (nSPS) is 12.7. The Hall–Kier alpha value is -3.19. The fraction of sp³-hybridized carbons (Fsp3) is 0.158. The number of ketones is 1. The van der Waals surface area contributed by atoms with Crippen molar-refractivity contribution in [3.8, 4) is 0 Å². The maximum Gasteiger partial charge on any atom is 0.326 e. The first-order valence-corrected chi connectivity index (χ1v) is 8.42. The highest BCUT2D eigenvalue weighted by molar-refractivity contribution is 6.52. The zero-order valence-electron chi connectivity index (χ0n) is 14.3. The maximum atomic E-state index is 12.0. The molecule has 0 unspecified atom stereocenters.